The number of nitrogens with one attached hydrogen (secondary N) is 2. The minimum atomic E-state index is -0.732. The Kier molecular flexibility index (Phi) is 9.33. The third-order valence-corrected chi connectivity index (χ3v) is 4.54. The fraction of sp³-hybridized carbons (Fsp3) is 0.444. The summed E-state index contributed by atoms with van der Waals surface area (Å²) in [6, 6.07) is 12.6. The minimum Gasteiger partial charge on any atom is -0.450 e. The zero-order chi connectivity index (χ0) is 27.1. The van der Waals surface area contributed by atoms with E-state index in [0.717, 1.165) is 11.1 Å². The van der Waals surface area contributed by atoms with Gasteiger partial charge in [-0.3, -0.25) is 15.5 Å². The first-order valence-corrected chi connectivity index (χ1v) is 11.8. The average Bonchev–Trinajstić information content (AvgIpc) is 2.72. The van der Waals surface area contributed by atoms with Crippen molar-refractivity contribution in [2.24, 2.45) is 0 Å². The van der Waals surface area contributed by atoms with Crippen molar-refractivity contribution < 1.29 is 28.6 Å². The summed E-state index contributed by atoms with van der Waals surface area (Å²) in [6.07, 6.45) is -1.95. The van der Waals surface area contributed by atoms with Crippen molar-refractivity contribution in [3.05, 3.63) is 53.6 Å². The van der Waals surface area contributed by atoms with Crippen molar-refractivity contribution >= 4 is 35.3 Å². The van der Waals surface area contributed by atoms with Crippen LogP contribution >= 0.6 is 0 Å². The van der Waals surface area contributed by atoms with Gasteiger partial charge in [0.15, 0.2) is 0 Å². The molecule has 2 N–H and O–H groups in total. The van der Waals surface area contributed by atoms with Crippen molar-refractivity contribution in [3.8, 4) is 0 Å². The Balaban J connectivity index is 2.49. The van der Waals surface area contributed by atoms with Crippen molar-refractivity contribution in [2.75, 3.05) is 22.1 Å². The van der Waals surface area contributed by atoms with Gasteiger partial charge in [0.1, 0.15) is 11.2 Å². The van der Waals surface area contributed by atoms with Crippen LogP contribution in [0.1, 0.15) is 59.6 Å². The standard InChI is InChI=1S/C27H37N3O6/c1-9-34-23(31)28-21-15-14-20(16-22(21)29-24(32)35-26(3,4)5)30(25(33)36-27(6,7)8)17-19-12-10-18(2)11-13-19/h10-16H,9,17H2,1-8H3,(H,28,31)(H,29,32). The second-order valence-electron chi connectivity index (χ2n) is 10.3. The normalized spacial score (nSPS) is 11.3. The first-order chi connectivity index (χ1) is 16.7. The summed E-state index contributed by atoms with van der Waals surface area (Å²) in [5, 5.41) is 5.26. The fourth-order valence-electron chi connectivity index (χ4n) is 3.06. The van der Waals surface area contributed by atoms with Crippen molar-refractivity contribution in [3.63, 3.8) is 0 Å². The van der Waals surface area contributed by atoms with Gasteiger partial charge in [-0.2, -0.15) is 0 Å². The van der Waals surface area contributed by atoms with Crippen LogP contribution in [0, 0.1) is 6.92 Å². The summed E-state index contributed by atoms with van der Waals surface area (Å²) in [5.74, 6) is 0. The highest BCUT2D eigenvalue weighted by molar-refractivity contribution is 5.98. The number of rotatable bonds is 6. The summed E-state index contributed by atoms with van der Waals surface area (Å²) in [4.78, 5) is 39.3. The van der Waals surface area contributed by atoms with E-state index in [1.165, 1.54) is 4.90 Å². The van der Waals surface area contributed by atoms with Gasteiger partial charge in [-0.1, -0.05) is 29.8 Å². The summed E-state index contributed by atoms with van der Waals surface area (Å²) in [7, 11) is 0. The third kappa shape index (κ3) is 9.48. The van der Waals surface area contributed by atoms with Gasteiger partial charge in [0.05, 0.1) is 24.5 Å². The molecule has 0 radical (unpaired) electrons. The Hall–Kier alpha value is -3.75. The van der Waals surface area contributed by atoms with Gasteiger partial charge in [0, 0.05) is 5.69 Å². The topological polar surface area (TPSA) is 106 Å². The molecule has 0 saturated heterocycles. The Morgan fingerprint density at radius 1 is 0.806 bits per heavy atom. The van der Waals surface area contributed by atoms with Gasteiger partial charge in [-0.15, -0.1) is 0 Å². The van der Waals surface area contributed by atoms with Gasteiger partial charge in [0.2, 0.25) is 0 Å². The molecule has 0 atom stereocenters. The average molecular weight is 500 g/mol. The van der Waals surface area contributed by atoms with E-state index in [4.69, 9.17) is 14.2 Å². The Morgan fingerprint density at radius 2 is 1.39 bits per heavy atom. The number of nitrogens with zero attached hydrogens (tertiary/aromatic N) is 1. The molecular formula is C27H37N3O6. The monoisotopic (exact) mass is 499 g/mol. The molecular weight excluding hydrogens is 462 g/mol. The number of anilines is 3. The lowest BCUT2D eigenvalue weighted by molar-refractivity contribution is 0.0576. The molecule has 196 valence electrons. The molecule has 9 nitrogen and oxygen atoms in total. The van der Waals surface area contributed by atoms with Crippen LogP contribution in [0.3, 0.4) is 0 Å². The number of carbonyl (C=O) groups excluding carboxylic acids is 3. The second kappa shape index (κ2) is 11.8. The van der Waals surface area contributed by atoms with Gasteiger partial charge >= 0.3 is 18.3 Å². The third-order valence-electron chi connectivity index (χ3n) is 4.54. The number of carbonyl (C=O) groups is 3. The van der Waals surface area contributed by atoms with Crippen molar-refractivity contribution in [1.29, 1.82) is 0 Å². The lowest BCUT2D eigenvalue weighted by Crippen LogP contribution is -2.36. The van der Waals surface area contributed by atoms with E-state index in [9.17, 15) is 14.4 Å². The number of amides is 3. The van der Waals surface area contributed by atoms with Crippen LogP contribution in [0.2, 0.25) is 0 Å². The predicted octanol–water partition coefficient (Wildman–Crippen LogP) is 6.85. The van der Waals surface area contributed by atoms with E-state index >= 15 is 0 Å². The summed E-state index contributed by atoms with van der Waals surface area (Å²) >= 11 is 0. The maximum Gasteiger partial charge on any atom is 0.415 e. The molecule has 2 aromatic rings. The Labute approximate surface area is 213 Å². The van der Waals surface area contributed by atoms with E-state index in [0.29, 0.717) is 5.69 Å². The molecule has 0 fully saturated rings. The molecule has 3 amide bonds. The van der Waals surface area contributed by atoms with E-state index in [-0.39, 0.29) is 24.5 Å². The molecule has 0 aliphatic carbocycles. The van der Waals surface area contributed by atoms with Crippen LogP contribution in [0.15, 0.2) is 42.5 Å². The molecule has 2 aromatic carbocycles. The second-order valence-corrected chi connectivity index (χ2v) is 10.3. The summed E-state index contributed by atoms with van der Waals surface area (Å²) < 4.78 is 16.0. The molecule has 0 bridgehead atoms. The van der Waals surface area contributed by atoms with Crippen LogP contribution < -0.4 is 15.5 Å². The minimum absolute atomic E-state index is 0.182. The quantitative estimate of drug-likeness (QED) is 0.421. The van der Waals surface area contributed by atoms with Crippen LogP contribution in [-0.4, -0.2) is 36.1 Å². The Morgan fingerprint density at radius 3 is 1.94 bits per heavy atom. The number of aryl methyl sites for hydroxylation is 1. The lowest BCUT2D eigenvalue weighted by atomic mass is 10.1. The Bertz CT molecular complexity index is 1070. The first kappa shape index (κ1) is 28.5. The molecule has 9 heteroatoms. The highest BCUT2D eigenvalue weighted by Crippen LogP contribution is 2.31. The fourth-order valence-corrected chi connectivity index (χ4v) is 3.06. The number of hydrogen-bond acceptors (Lipinski definition) is 6. The molecule has 0 aliphatic rings. The first-order valence-electron chi connectivity index (χ1n) is 11.8. The maximum absolute atomic E-state index is 13.2. The molecule has 0 unspecified atom stereocenters. The maximum atomic E-state index is 13.2. The van der Waals surface area contributed by atoms with Crippen LogP contribution in [-0.2, 0) is 20.8 Å². The molecule has 2 rings (SSSR count). The van der Waals surface area contributed by atoms with Gasteiger partial charge < -0.3 is 14.2 Å². The van der Waals surface area contributed by atoms with Crippen LogP contribution in [0.5, 0.6) is 0 Å². The van der Waals surface area contributed by atoms with Gasteiger partial charge in [-0.25, -0.2) is 14.4 Å². The van der Waals surface area contributed by atoms with Crippen molar-refractivity contribution in [2.45, 2.75) is 73.1 Å². The molecule has 0 heterocycles. The van der Waals surface area contributed by atoms with E-state index in [1.54, 1.807) is 66.7 Å². The SMILES string of the molecule is CCOC(=O)Nc1ccc(N(Cc2ccc(C)cc2)C(=O)OC(C)(C)C)cc1NC(=O)OC(C)(C)C. The van der Waals surface area contributed by atoms with Crippen LogP contribution in [0.25, 0.3) is 0 Å². The molecule has 0 spiro atoms. The number of hydrogen-bond donors (Lipinski definition) is 2. The molecule has 36 heavy (non-hydrogen) atoms. The lowest BCUT2D eigenvalue weighted by Gasteiger charge is -2.28. The van der Waals surface area contributed by atoms with E-state index < -0.39 is 29.5 Å². The molecule has 0 aromatic heterocycles. The smallest absolute Gasteiger partial charge is 0.415 e. The summed E-state index contributed by atoms with van der Waals surface area (Å²) in [5.41, 5.74) is 1.50. The zero-order valence-electron chi connectivity index (χ0n) is 22.4. The highest BCUT2D eigenvalue weighted by Gasteiger charge is 2.25. The highest BCUT2D eigenvalue weighted by atomic mass is 16.6. The zero-order valence-corrected chi connectivity index (χ0v) is 22.4. The molecule has 0 aliphatic heterocycles. The van der Waals surface area contributed by atoms with Gasteiger partial charge in [-0.05, 0) is 79.2 Å². The summed E-state index contributed by atoms with van der Waals surface area (Å²) in [6.45, 7) is 14.7. The van der Waals surface area contributed by atoms with Crippen molar-refractivity contribution in [1.82, 2.24) is 0 Å². The van der Waals surface area contributed by atoms with E-state index in [1.807, 2.05) is 31.2 Å². The predicted molar refractivity (Wildman–Crippen MR) is 141 cm³/mol. The van der Waals surface area contributed by atoms with Crippen LogP contribution in [0.4, 0.5) is 31.4 Å². The number of benzene rings is 2. The number of ether oxygens (including phenoxy) is 3. The van der Waals surface area contributed by atoms with Gasteiger partial charge in [0.25, 0.3) is 0 Å². The van der Waals surface area contributed by atoms with E-state index in [2.05, 4.69) is 10.6 Å². The molecule has 0 saturated carbocycles. The largest absolute Gasteiger partial charge is 0.450 e.